The van der Waals surface area contributed by atoms with Crippen LogP contribution in [0.5, 0.6) is 0 Å². The first-order valence-corrected chi connectivity index (χ1v) is 8.37. The van der Waals surface area contributed by atoms with Crippen molar-refractivity contribution in [1.82, 2.24) is 0 Å². The number of ether oxygens (including phenoxy) is 1. The summed E-state index contributed by atoms with van der Waals surface area (Å²) in [7, 11) is 1.44. The van der Waals surface area contributed by atoms with Gasteiger partial charge in [0.15, 0.2) is 0 Å². The second-order valence-electron chi connectivity index (χ2n) is 5.30. The summed E-state index contributed by atoms with van der Waals surface area (Å²) in [5.74, 6) is -0.752. The zero-order valence-electron chi connectivity index (χ0n) is 14.2. The number of carboxylic acids is 1. The molecule has 0 saturated heterocycles. The number of esters is 1. The van der Waals surface area contributed by atoms with Gasteiger partial charge in [-0.3, -0.25) is 9.59 Å². The van der Waals surface area contributed by atoms with E-state index in [1.807, 2.05) is 0 Å². The molecule has 0 radical (unpaired) electrons. The fraction of sp³-hybridized carbons (Fsp3) is 0.882. The fourth-order valence-electron chi connectivity index (χ4n) is 1.85. The van der Waals surface area contributed by atoms with Gasteiger partial charge in [0, 0.05) is 12.8 Å². The molecule has 0 fully saturated rings. The van der Waals surface area contributed by atoms with Gasteiger partial charge in [-0.1, -0.05) is 65.2 Å². The average molecular weight is 302 g/mol. The van der Waals surface area contributed by atoms with Crippen LogP contribution in [0.25, 0.3) is 0 Å². The first-order valence-electron chi connectivity index (χ1n) is 8.37. The van der Waals surface area contributed by atoms with Crippen LogP contribution in [0, 0.1) is 0 Å². The SMILES string of the molecule is CCCCCCCC(=O)O.CCCCCCCC(=O)OC. The van der Waals surface area contributed by atoms with Gasteiger partial charge < -0.3 is 9.84 Å². The van der Waals surface area contributed by atoms with Gasteiger partial charge in [-0.15, -0.1) is 0 Å². The van der Waals surface area contributed by atoms with E-state index in [0.717, 1.165) is 25.7 Å². The van der Waals surface area contributed by atoms with Crippen molar-refractivity contribution in [3.05, 3.63) is 0 Å². The van der Waals surface area contributed by atoms with Crippen molar-refractivity contribution in [1.29, 1.82) is 0 Å². The molecule has 4 heteroatoms. The molecule has 0 amide bonds. The molecule has 0 heterocycles. The standard InChI is InChI=1S/C9H18O2.C8H16O2/c1-3-4-5-6-7-8-9(10)11-2;1-2-3-4-5-6-7-8(9)10/h3-8H2,1-2H3;2-7H2,1H3,(H,9,10). The summed E-state index contributed by atoms with van der Waals surface area (Å²) in [4.78, 5) is 20.7. The fourth-order valence-corrected chi connectivity index (χ4v) is 1.85. The minimum atomic E-state index is -0.670. The molecule has 0 atom stereocenters. The van der Waals surface area contributed by atoms with Crippen LogP contribution in [0.1, 0.15) is 90.9 Å². The van der Waals surface area contributed by atoms with Crippen molar-refractivity contribution in [3.63, 3.8) is 0 Å². The van der Waals surface area contributed by atoms with Gasteiger partial charge in [0.05, 0.1) is 7.11 Å². The van der Waals surface area contributed by atoms with E-state index < -0.39 is 5.97 Å². The van der Waals surface area contributed by atoms with E-state index in [1.165, 1.54) is 45.6 Å². The average Bonchev–Trinajstić information content (AvgIpc) is 2.47. The van der Waals surface area contributed by atoms with E-state index in [2.05, 4.69) is 18.6 Å². The van der Waals surface area contributed by atoms with Crippen molar-refractivity contribution >= 4 is 11.9 Å². The predicted molar refractivity (Wildman–Crippen MR) is 86.4 cm³/mol. The second kappa shape index (κ2) is 18.9. The van der Waals surface area contributed by atoms with Gasteiger partial charge in [0.2, 0.25) is 0 Å². The molecule has 0 bridgehead atoms. The minimum absolute atomic E-state index is 0.0819. The Kier molecular flexibility index (Phi) is 20.0. The molecule has 0 aromatic rings. The number of carbonyl (C=O) groups excluding carboxylic acids is 1. The van der Waals surface area contributed by atoms with Crippen LogP contribution in [0.3, 0.4) is 0 Å². The molecule has 0 aliphatic rings. The molecule has 21 heavy (non-hydrogen) atoms. The zero-order valence-corrected chi connectivity index (χ0v) is 14.2. The van der Waals surface area contributed by atoms with E-state index >= 15 is 0 Å². The van der Waals surface area contributed by atoms with E-state index in [-0.39, 0.29) is 5.97 Å². The lowest BCUT2D eigenvalue weighted by molar-refractivity contribution is -0.141. The summed E-state index contributed by atoms with van der Waals surface area (Å²) in [6, 6.07) is 0. The highest BCUT2D eigenvalue weighted by Crippen LogP contribution is 2.05. The monoisotopic (exact) mass is 302 g/mol. The van der Waals surface area contributed by atoms with Crippen LogP contribution in [-0.2, 0) is 14.3 Å². The van der Waals surface area contributed by atoms with Gasteiger partial charge in [-0.05, 0) is 12.8 Å². The number of aliphatic carboxylic acids is 1. The molecular formula is C17H34O4. The van der Waals surface area contributed by atoms with Gasteiger partial charge in [0.1, 0.15) is 0 Å². The minimum Gasteiger partial charge on any atom is -0.481 e. The van der Waals surface area contributed by atoms with Gasteiger partial charge in [-0.25, -0.2) is 0 Å². The molecule has 0 rings (SSSR count). The van der Waals surface area contributed by atoms with Crippen LogP contribution in [0.15, 0.2) is 0 Å². The Morgan fingerprint density at radius 1 is 0.762 bits per heavy atom. The highest BCUT2D eigenvalue weighted by atomic mass is 16.5. The number of hydrogen-bond acceptors (Lipinski definition) is 3. The number of rotatable bonds is 12. The van der Waals surface area contributed by atoms with Crippen molar-refractivity contribution < 1.29 is 19.4 Å². The van der Waals surface area contributed by atoms with Crippen LogP contribution >= 0.6 is 0 Å². The number of carbonyl (C=O) groups is 2. The van der Waals surface area contributed by atoms with Crippen molar-refractivity contribution in [2.24, 2.45) is 0 Å². The van der Waals surface area contributed by atoms with E-state index in [0.29, 0.717) is 12.8 Å². The molecule has 0 saturated carbocycles. The van der Waals surface area contributed by atoms with Crippen LogP contribution in [-0.4, -0.2) is 24.2 Å². The molecule has 0 spiro atoms. The third-order valence-electron chi connectivity index (χ3n) is 3.21. The number of unbranched alkanes of at least 4 members (excludes halogenated alkanes) is 8. The van der Waals surface area contributed by atoms with Crippen molar-refractivity contribution in [3.8, 4) is 0 Å². The van der Waals surface area contributed by atoms with Crippen LogP contribution in [0.4, 0.5) is 0 Å². The number of hydrogen-bond donors (Lipinski definition) is 1. The highest BCUT2D eigenvalue weighted by Gasteiger charge is 1.98. The third kappa shape index (κ3) is 24.4. The van der Waals surface area contributed by atoms with E-state index in [4.69, 9.17) is 5.11 Å². The zero-order chi connectivity index (χ0) is 16.3. The Hall–Kier alpha value is -1.06. The maximum atomic E-state index is 10.6. The molecule has 4 nitrogen and oxygen atoms in total. The quantitative estimate of drug-likeness (QED) is 0.409. The predicted octanol–water partition coefficient (Wildman–Crippen LogP) is 4.95. The molecule has 1 N–H and O–H groups in total. The summed E-state index contributed by atoms with van der Waals surface area (Å²) < 4.78 is 4.52. The Morgan fingerprint density at radius 3 is 1.57 bits per heavy atom. The number of carboxylic acid groups (broad SMARTS) is 1. The topological polar surface area (TPSA) is 63.6 Å². The summed E-state index contributed by atoms with van der Waals surface area (Å²) in [5, 5.41) is 8.27. The second-order valence-corrected chi connectivity index (χ2v) is 5.30. The van der Waals surface area contributed by atoms with Crippen molar-refractivity contribution in [2.75, 3.05) is 7.11 Å². The molecule has 0 aliphatic carbocycles. The summed E-state index contributed by atoms with van der Waals surface area (Å²) >= 11 is 0. The maximum Gasteiger partial charge on any atom is 0.305 e. The van der Waals surface area contributed by atoms with Gasteiger partial charge >= 0.3 is 11.9 Å². The summed E-state index contributed by atoms with van der Waals surface area (Å²) in [5.41, 5.74) is 0. The Bertz CT molecular complexity index is 239. The lowest BCUT2D eigenvalue weighted by Crippen LogP contribution is -1.98. The first kappa shape index (κ1) is 22.2. The molecular weight excluding hydrogens is 268 g/mol. The molecule has 0 aliphatic heterocycles. The van der Waals surface area contributed by atoms with Gasteiger partial charge in [-0.2, -0.15) is 0 Å². The summed E-state index contributed by atoms with van der Waals surface area (Å²) in [6.07, 6.45) is 12.4. The lowest BCUT2D eigenvalue weighted by Gasteiger charge is -1.98. The van der Waals surface area contributed by atoms with Crippen LogP contribution in [0.2, 0.25) is 0 Å². The van der Waals surface area contributed by atoms with E-state index in [1.54, 1.807) is 0 Å². The van der Waals surface area contributed by atoms with E-state index in [9.17, 15) is 9.59 Å². The Balaban J connectivity index is 0. The first-order chi connectivity index (χ1) is 10.1. The molecule has 0 unspecified atom stereocenters. The number of methoxy groups -OCH3 is 1. The highest BCUT2D eigenvalue weighted by molar-refractivity contribution is 5.68. The van der Waals surface area contributed by atoms with Gasteiger partial charge in [0.25, 0.3) is 0 Å². The molecule has 0 aromatic heterocycles. The lowest BCUT2D eigenvalue weighted by atomic mass is 10.1. The Labute approximate surface area is 130 Å². The molecule has 126 valence electrons. The summed E-state index contributed by atoms with van der Waals surface area (Å²) in [6.45, 7) is 4.33. The molecule has 0 aromatic carbocycles. The maximum absolute atomic E-state index is 10.6. The largest absolute Gasteiger partial charge is 0.481 e. The van der Waals surface area contributed by atoms with Crippen LogP contribution < -0.4 is 0 Å². The normalized spacial score (nSPS) is 9.67. The third-order valence-corrected chi connectivity index (χ3v) is 3.21. The van der Waals surface area contributed by atoms with Crippen molar-refractivity contribution in [2.45, 2.75) is 90.9 Å². The smallest absolute Gasteiger partial charge is 0.305 e. The Morgan fingerprint density at radius 2 is 1.19 bits per heavy atom.